The number of nitrogen functional groups attached to an aromatic ring is 1. The Balaban J connectivity index is 1.59. The molecule has 5 nitrogen and oxygen atoms in total. The average molecular weight is 330 g/mol. The van der Waals surface area contributed by atoms with Crippen LogP contribution in [0, 0.1) is 11.8 Å². The predicted molar refractivity (Wildman–Crippen MR) is 92.6 cm³/mol. The average Bonchev–Trinajstić information content (AvgIpc) is 2.94. The largest absolute Gasteiger partial charge is 0.368 e. The zero-order valence-electron chi connectivity index (χ0n) is 13.6. The van der Waals surface area contributed by atoms with Crippen molar-refractivity contribution >= 4 is 33.3 Å². The van der Waals surface area contributed by atoms with Crippen molar-refractivity contribution in [3.05, 3.63) is 17.1 Å². The minimum Gasteiger partial charge on any atom is -0.368 e. The number of carbonyl (C=O) groups is 1. The van der Waals surface area contributed by atoms with Crippen LogP contribution in [0.2, 0.25) is 0 Å². The molecule has 5 rings (SSSR count). The van der Waals surface area contributed by atoms with Crippen LogP contribution < -0.4 is 5.73 Å². The maximum Gasteiger partial charge on any atom is 0.221 e. The van der Waals surface area contributed by atoms with E-state index in [0.29, 0.717) is 18.3 Å². The summed E-state index contributed by atoms with van der Waals surface area (Å²) in [6, 6.07) is 1.91. The van der Waals surface area contributed by atoms with Gasteiger partial charge in [-0.1, -0.05) is 0 Å². The molecule has 0 aliphatic carbocycles. The minimum absolute atomic E-state index is 0.123. The Morgan fingerprint density at radius 3 is 2.87 bits per heavy atom. The Morgan fingerprint density at radius 2 is 2.17 bits per heavy atom. The van der Waals surface area contributed by atoms with Gasteiger partial charge in [-0.15, -0.1) is 11.3 Å². The van der Waals surface area contributed by atoms with E-state index in [9.17, 15) is 4.79 Å². The summed E-state index contributed by atoms with van der Waals surface area (Å²) in [5.74, 6) is 1.62. The Bertz CT molecular complexity index is 761. The second-order valence-electron chi connectivity index (χ2n) is 7.31. The Hall–Kier alpha value is -1.53. The molecule has 23 heavy (non-hydrogen) atoms. The minimum atomic E-state index is 0.123. The lowest BCUT2D eigenvalue weighted by Crippen LogP contribution is -2.61. The quantitative estimate of drug-likeness (QED) is 0.876. The maximum atomic E-state index is 12.8. The molecule has 3 fully saturated rings. The van der Waals surface area contributed by atoms with E-state index in [1.54, 1.807) is 6.20 Å². The van der Waals surface area contributed by atoms with Gasteiger partial charge >= 0.3 is 0 Å². The Labute approximate surface area is 139 Å². The van der Waals surface area contributed by atoms with Crippen LogP contribution in [0.15, 0.2) is 12.3 Å². The summed E-state index contributed by atoms with van der Waals surface area (Å²) in [7, 11) is 0. The first-order valence-electron chi connectivity index (χ1n) is 8.25. The van der Waals surface area contributed by atoms with Crippen molar-refractivity contribution in [1.29, 1.82) is 0 Å². The normalized spacial score (nSPS) is 29.0. The van der Waals surface area contributed by atoms with Crippen LogP contribution in [-0.2, 0) is 0 Å². The number of thiophene rings is 1. The Kier molecular flexibility index (Phi) is 3.43. The lowest BCUT2D eigenvalue weighted by molar-refractivity contribution is -0.0643. The molecule has 122 valence electrons. The number of carbonyl (C=O) groups excluding carboxylic acids is 1. The second-order valence-corrected chi connectivity index (χ2v) is 8.34. The Morgan fingerprint density at radius 1 is 1.43 bits per heavy atom. The van der Waals surface area contributed by atoms with Gasteiger partial charge in [-0.25, -0.2) is 9.97 Å². The highest BCUT2D eigenvalue weighted by atomic mass is 32.1. The van der Waals surface area contributed by atoms with Crippen molar-refractivity contribution in [2.45, 2.75) is 38.6 Å². The smallest absolute Gasteiger partial charge is 0.221 e. The van der Waals surface area contributed by atoms with Crippen molar-refractivity contribution in [3.63, 3.8) is 0 Å². The number of ketones is 1. The van der Waals surface area contributed by atoms with E-state index in [1.807, 2.05) is 6.07 Å². The number of nitrogens with two attached hydrogens (primary N) is 1. The summed E-state index contributed by atoms with van der Waals surface area (Å²) in [5, 5.41) is 0.903. The summed E-state index contributed by atoms with van der Waals surface area (Å²) >= 11 is 1.43. The molecule has 0 amide bonds. The fourth-order valence-electron chi connectivity index (χ4n) is 4.39. The van der Waals surface area contributed by atoms with E-state index in [-0.39, 0.29) is 17.3 Å². The molecule has 2 N–H and O–H groups in total. The van der Waals surface area contributed by atoms with Gasteiger partial charge in [0.15, 0.2) is 5.78 Å². The molecule has 2 bridgehead atoms. The molecule has 0 radical (unpaired) electrons. The van der Waals surface area contributed by atoms with Gasteiger partial charge in [0.25, 0.3) is 0 Å². The number of aromatic nitrogens is 2. The van der Waals surface area contributed by atoms with Gasteiger partial charge < -0.3 is 5.73 Å². The first-order chi connectivity index (χ1) is 10.9. The number of piperidine rings is 3. The number of rotatable bonds is 3. The third kappa shape index (κ3) is 2.44. The van der Waals surface area contributed by atoms with Crippen molar-refractivity contribution in [1.82, 2.24) is 14.9 Å². The van der Waals surface area contributed by atoms with Crippen LogP contribution in [-0.4, -0.2) is 39.3 Å². The number of fused-ring (bicyclic) bond motifs is 4. The van der Waals surface area contributed by atoms with Crippen molar-refractivity contribution in [2.24, 2.45) is 11.8 Å². The van der Waals surface area contributed by atoms with E-state index >= 15 is 0 Å². The molecule has 5 heterocycles. The number of nitrogens with zero attached hydrogens (tertiary/aromatic N) is 3. The van der Waals surface area contributed by atoms with Gasteiger partial charge in [-0.05, 0) is 57.7 Å². The molecule has 2 aromatic rings. The second kappa shape index (κ2) is 5.24. The predicted octanol–water partition coefficient (Wildman–Crippen LogP) is 2.97. The maximum absolute atomic E-state index is 12.8. The molecule has 1 atom stereocenters. The third-order valence-corrected chi connectivity index (χ3v) is 6.89. The molecule has 0 aromatic carbocycles. The van der Waals surface area contributed by atoms with Gasteiger partial charge in [-0.3, -0.25) is 9.69 Å². The van der Waals surface area contributed by atoms with Gasteiger partial charge in [0.05, 0.1) is 4.88 Å². The first-order valence-corrected chi connectivity index (χ1v) is 9.07. The summed E-state index contributed by atoms with van der Waals surface area (Å²) in [6.07, 6.45) is 4.79. The topological polar surface area (TPSA) is 72.1 Å². The molecule has 0 unspecified atom stereocenters. The van der Waals surface area contributed by atoms with Crippen LogP contribution in [0.5, 0.6) is 0 Å². The SMILES string of the molecule is CC1(C)[C@H](CC(=O)c2cc3cnc(N)nc3s2)C2CCN1CC2. The molecule has 3 aliphatic heterocycles. The van der Waals surface area contributed by atoms with Gasteiger partial charge in [0, 0.05) is 23.5 Å². The molecular formula is C17H22N4OS. The van der Waals surface area contributed by atoms with Crippen molar-refractivity contribution < 1.29 is 4.79 Å². The molecule has 3 aliphatic rings. The molecule has 6 heteroatoms. The number of hydrogen-bond acceptors (Lipinski definition) is 6. The highest BCUT2D eigenvalue weighted by Crippen LogP contribution is 2.46. The highest BCUT2D eigenvalue weighted by molar-refractivity contribution is 7.20. The first kappa shape index (κ1) is 15.0. The molecule has 2 aromatic heterocycles. The lowest BCUT2D eigenvalue weighted by atomic mass is 9.65. The lowest BCUT2D eigenvalue weighted by Gasteiger charge is -2.56. The van der Waals surface area contributed by atoms with E-state index in [4.69, 9.17) is 5.73 Å². The van der Waals surface area contributed by atoms with E-state index in [1.165, 1.54) is 37.3 Å². The van der Waals surface area contributed by atoms with Gasteiger partial charge in [0.2, 0.25) is 5.95 Å². The molecule has 3 saturated heterocycles. The summed E-state index contributed by atoms with van der Waals surface area (Å²) < 4.78 is 0. The monoisotopic (exact) mass is 330 g/mol. The van der Waals surface area contributed by atoms with Crippen LogP contribution in [0.1, 0.15) is 42.8 Å². The van der Waals surface area contributed by atoms with Crippen LogP contribution in [0.4, 0.5) is 5.95 Å². The fourth-order valence-corrected chi connectivity index (χ4v) is 5.35. The summed E-state index contributed by atoms with van der Waals surface area (Å²) in [4.78, 5) is 25.2. The van der Waals surface area contributed by atoms with Gasteiger partial charge in [-0.2, -0.15) is 0 Å². The summed E-state index contributed by atoms with van der Waals surface area (Å²) in [6.45, 7) is 6.96. The molecular weight excluding hydrogens is 308 g/mol. The number of Topliss-reactive ketones (excluding diaryl/α,β-unsaturated/α-hetero) is 1. The van der Waals surface area contributed by atoms with E-state index in [2.05, 4.69) is 28.7 Å². The zero-order valence-corrected chi connectivity index (χ0v) is 14.4. The van der Waals surface area contributed by atoms with Crippen LogP contribution in [0.3, 0.4) is 0 Å². The van der Waals surface area contributed by atoms with E-state index in [0.717, 1.165) is 15.1 Å². The van der Waals surface area contributed by atoms with Gasteiger partial charge in [0.1, 0.15) is 4.83 Å². The van der Waals surface area contributed by atoms with Crippen LogP contribution in [0.25, 0.3) is 10.2 Å². The van der Waals surface area contributed by atoms with Crippen LogP contribution >= 0.6 is 11.3 Å². The zero-order chi connectivity index (χ0) is 16.2. The molecule has 0 spiro atoms. The number of anilines is 1. The number of hydrogen-bond donors (Lipinski definition) is 1. The third-order valence-electron chi connectivity index (χ3n) is 5.80. The highest BCUT2D eigenvalue weighted by Gasteiger charge is 2.47. The summed E-state index contributed by atoms with van der Waals surface area (Å²) in [5.41, 5.74) is 5.75. The van der Waals surface area contributed by atoms with Crippen molar-refractivity contribution in [2.75, 3.05) is 18.8 Å². The van der Waals surface area contributed by atoms with E-state index < -0.39 is 0 Å². The fraction of sp³-hybridized carbons (Fsp3) is 0.588. The standard InChI is InChI=1S/C17H22N4OS/c1-17(2)12(10-3-5-21(17)6-4-10)8-13(22)14-7-11-9-19-16(18)20-15(11)23-14/h7,9-10,12H,3-6,8H2,1-2H3,(H2,18,19,20)/t12-/m1/s1. The van der Waals surface area contributed by atoms with Crippen molar-refractivity contribution in [3.8, 4) is 0 Å². The molecule has 0 saturated carbocycles.